The molecule has 0 bridgehead atoms. The second-order valence-electron chi connectivity index (χ2n) is 6.40. The monoisotopic (exact) mass is 324 g/mol. The predicted molar refractivity (Wildman–Crippen MR) is 103 cm³/mol. The topological polar surface area (TPSA) is 24.4 Å². The summed E-state index contributed by atoms with van der Waals surface area (Å²) < 4.78 is 0. The van der Waals surface area contributed by atoms with Crippen molar-refractivity contribution in [1.29, 1.82) is 0 Å². The quantitative estimate of drug-likeness (QED) is 0.711. The number of fused-ring (bicyclic) bond motifs is 1. The van der Waals surface area contributed by atoms with Crippen LogP contribution in [0.25, 0.3) is 4.91 Å². The zero-order valence-electron chi connectivity index (χ0n) is 13.1. The Kier molecular flexibility index (Phi) is 4.22. The van der Waals surface area contributed by atoms with Crippen LogP contribution in [0, 0.1) is 0 Å². The van der Waals surface area contributed by atoms with Crippen LogP contribution >= 0.6 is 11.8 Å². The zero-order chi connectivity index (χ0) is 15.6. The van der Waals surface area contributed by atoms with Crippen LogP contribution in [0.2, 0.25) is 19.6 Å². The minimum Gasteiger partial charge on any atom is -0.334 e. The number of benzene rings is 2. The first-order valence-electron chi connectivity index (χ1n) is 7.42. The molecular formula is C18H20N2SSi. The fourth-order valence-corrected chi connectivity index (χ4v) is 5.31. The first-order valence-corrected chi connectivity index (χ1v) is 11.8. The fourth-order valence-electron chi connectivity index (χ4n) is 2.27. The van der Waals surface area contributed by atoms with Crippen molar-refractivity contribution < 1.29 is 0 Å². The molecule has 0 amide bonds. The molecule has 0 aromatic heterocycles. The molecule has 1 aliphatic heterocycles. The number of hydrogen-bond acceptors (Lipinski definition) is 3. The molecule has 0 saturated heterocycles. The van der Waals surface area contributed by atoms with E-state index in [-0.39, 0.29) is 0 Å². The molecule has 2 aromatic carbocycles. The van der Waals surface area contributed by atoms with Crippen molar-refractivity contribution in [3.05, 3.63) is 65.9 Å². The summed E-state index contributed by atoms with van der Waals surface area (Å²) in [5, 5.41) is 4.36. The van der Waals surface area contributed by atoms with Crippen molar-refractivity contribution in [2.24, 2.45) is 4.99 Å². The van der Waals surface area contributed by atoms with E-state index in [1.165, 1.54) is 10.5 Å². The third-order valence-electron chi connectivity index (χ3n) is 3.19. The van der Waals surface area contributed by atoms with E-state index in [0.29, 0.717) is 0 Å². The first-order chi connectivity index (χ1) is 10.5. The molecule has 1 aliphatic rings. The van der Waals surface area contributed by atoms with Crippen LogP contribution in [-0.4, -0.2) is 13.2 Å². The minimum atomic E-state index is -1.30. The van der Waals surface area contributed by atoms with Gasteiger partial charge in [0, 0.05) is 16.2 Å². The van der Waals surface area contributed by atoms with Gasteiger partial charge in [-0.1, -0.05) is 73.5 Å². The van der Waals surface area contributed by atoms with Gasteiger partial charge in [-0.25, -0.2) is 4.99 Å². The molecule has 4 heteroatoms. The van der Waals surface area contributed by atoms with E-state index in [1.54, 1.807) is 11.8 Å². The van der Waals surface area contributed by atoms with Crippen molar-refractivity contribution in [2.75, 3.05) is 5.32 Å². The third-order valence-corrected chi connectivity index (χ3v) is 5.50. The van der Waals surface area contributed by atoms with Crippen LogP contribution in [-0.2, 0) is 0 Å². The number of amidine groups is 1. The molecule has 0 fully saturated rings. The highest BCUT2D eigenvalue weighted by Gasteiger charge is 2.20. The van der Waals surface area contributed by atoms with Crippen LogP contribution in [0.15, 0.2) is 65.3 Å². The number of hydrogen-bond donors (Lipinski definition) is 1. The molecule has 2 aromatic rings. The van der Waals surface area contributed by atoms with Gasteiger partial charge >= 0.3 is 0 Å². The Bertz CT molecular complexity index is 730. The van der Waals surface area contributed by atoms with Crippen molar-refractivity contribution in [3.8, 4) is 0 Å². The molecule has 112 valence electrons. The van der Waals surface area contributed by atoms with Crippen LogP contribution in [0.5, 0.6) is 0 Å². The second kappa shape index (κ2) is 6.14. The summed E-state index contributed by atoms with van der Waals surface area (Å²) in [7, 11) is -1.30. The summed E-state index contributed by atoms with van der Waals surface area (Å²) >= 11 is 1.73. The van der Waals surface area contributed by atoms with Gasteiger partial charge in [0.1, 0.15) is 0 Å². The maximum atomic E-state index is 4.76. The Balaban J connectivity index is 1.97. The number of aliphatic imine (C=N–C) groups is 1. The van der Waals surface area contributed by atoms with Crippen molar-refractivity contribution in [3.63, 3.8) is 0 Å². The Morgan fingerprint density at radius 1 is 0.955 bits per heavy atom. The van der Waals surface area contributed by atoms with E-state index >= 15 is 0 Å². The number of para-hydroxylation sites is 2. The van der Waals surface area contributed by atoms with Gasteiger partial charge in [0.15, 0.2) is 5.17 Å². The molecule has 0 aliphatic carbocycles. The third kappa shape index (κ3) is 3.70. The van der Waals surface area contributed by atoms with Gasteiger partial charge in [-0.2, -0.15) is 0 Å². The molecule has 0 radical (unpaired) electrons. The Morgan fingerprint density at radius 3 is 2.36 bits per heavy atom. The predicted octanol–water partition coefficient (Wildman–Crippen LogP) is 5.75. The van der Waals surface area contributed by atoms with E-state index < -0.39 is 8.07 Å². The number of anilines is 1. The highest BCUT2D eigenvalue weighted by molar-refractivity contribution is 8.22. The Morgan fingerprint density at radius 2 is 1.64 bits per heavy atom. The van der Waals surface area contributed by atoms with E-state index in [4.69, 9.17) is 4.99 Å². The number of nitrogens with zero attached hydrogens (tertiary/aromatic N) is 1. The summed E-state index contributed by atoms with van der Waals surface area (Å²) in [6, 6.07) is 18.6. The highest BCUT2D eigenvalue weighted by atomic mass is 32.2. The number of thioether (sulfide) groups is 1. The molecule has 0 saturated carbocycles. The molecule has 2 nitrogen and oxygen atoms in total. The van der Waals surface area contributed by atoms with Crippen LogP contribution in [0.1, 0.15) is 5.56 Å². The van der Waals surface area contributed by atoms with Gasteiger partial charge < -0.3 is 5.32 Å². The molecular weight excluding hydrogens is 304 g/mol. The Hall–Kier alpha value is -1.78. The highest BCUT2D eigenvalue weighted by Crippen LogP contribution is 2.41. The van der Waals surface area contributed by atoms with E-state index in [0.717, 1.165) is 16.5 Å². The summed E-state index contributed by atoms with van der Waals surface area (Å²) in [4.78, 5) is 6.09. The zero-order valence-corrected chi connectivity index (χ0v) is 14.9. The summed E-state index contributed by atoms with van der Waals surface area (Å²) in [6.45, 7) is 7.08. The van der Waals surface area contributed by atoms with Gasteiger partial charge in [0.05, 0.1) is 13.8 Å². The van der Waals surface area contributed by atoms with Gasteiger partial charge in [-0.05, 0) is 18.2 Å². The second-order valence-corrected chi connectivity index (χ2v) is 12.5. The smallest absolute Gasteiger partial charge is 0.171 e. The van der Waals surface area contributed by atoms with E-state index in [9.17, 15) is 0 Å². The Labute approximate surface area is 137 Å². The molecule has 3 rings (SSSR count). The number of nitrogens with one attached hydrogen (secondary N) is 1. The SMILES string of the molecule is C[Si](C)(C)/C=C1/SC(Nc2ccccc2)=Nc2ccccc21. The van der Waals surface area contributed by atoms with Crippen molar-refractivity contribution in [2.45, 2.75) is 19.6 Å². The van der Waals surface area contributed by atoms with Crippen LogP contribution in [0.4, 0.5) is 11.4 Å². The van der Waals surface area contributed by atoms with Crippen molar-refractivity contribution >= 4 is 41.3 Å². The van der Waals surface area contributed by atoms with Crippen molar-refractivity contribution in [1.82, 2.24) is 0 Å². The lowest BCUT2D eigenvalue weighted by molar-refractivity contribution is 1.48. The van der Waals surface area contributed by atoms with E-state index in [1.807, 2.05) is 24.3 Å². The molecule has 1 N–H and O–H groups in total. The van der Waals surface area contributed by atoms with Gasteiger partial charge in [0.2, 0.25) is 0 Å². The molecule has 0 spiro atoms. The standard InChI is InChI=1S/C18H20N2SSi/c1-22(2,3)13-17-15-11-7-8-12-16(15)20-18(21-17)19-14-9-5-4-6-10-14/h4-13H,1-3H3,(H,19,20)/b17-13+. The van der Waals surface area contributed by atoms with Gasteiger partial charge in [-0.3, -0.25) is 0 Å². The fraction of sp³-hybridized carbons (Fsp3) is 0.167. The van der Waals surface area contributed by atoms with E-state index in [2.05, 4.69) is 61.0 Å². The normalized spacial score (nSPS) is 16.1. The molecule has 0 unspecified atom stereocenters. The van der Waals surface area contributed by atoms with Crippen LogP contribution in [0.3, 0.4) is 0 Å². The van der Waals surface area contributed by atoms with Gasteiger partial charge in [0.25, 0.3) is 0 Å². The lowest BCUT2D eigenvalue weighted by atomic mass is 10.2. The summed E-state index contributed by atoms with van der Waals surface area (Å²) in [5.41, 5.74) is 5.82. The lowest BCUT2D eigenvalue weighted by Gasteiger charge is -2.21. The maximum Gasteiger partial charge on any atom is 0.171 e. The molecule has 22 heavy (non-hydrogen) atoms. The first kappa shape index (κ1) is 15.1. The molecule has 0 atom stereocenters. The number of rotatable bonds is 2. The maximum absolute atomic E-state index is 4.76. The average Bonchev–Trinajstić information content (AvgIpc) is 2.47. The minimum absolute atomic E-state index is 0.939. The van der Waals surface area contributed by atoms with Crippen LogP contribution < -0.4 is 5.32 Å². The molecule has 1 heterocycles. The lowest BCUT2D eigenvalue weighted by Crippen LogP contribution is -2.18. The average molecular weight is 325 g/mol. The summed E-state index contributed by atoms with van der Waals surface area (Å²) in [5.74, 6) is 0. The summed E-state index contributed by atoms with van der Waals surface area (Å²) in [6.07, 6.45) is 0. The van der Waals surface area contributed by atoms with Gasteiger partial charge in [-0.15, -0.1) is 0 Å². The largest absolute Gasteiger partial charge is 0.334 e.